The molecule has 2 N–H and O–H groups in total. The molecule has 0 aliphatic carbocycles. The number of halogens is 1. The van der Waals surface area contributed by atoms with Gasteiger partial charge in [0.25, 0.3) is 0 Å². The van der Waals surface area contributed by atoms with Gasteiger partial charge in [0.05, 0.1) is 17.8 Å². The molecular formula is C13H15ClN4O. The van der Waals surface area contributed by atoms with Gasteiger partial charge in [0.15, 0.2) is 11.6 Å². The number of ether oxygens (including phenoxy) is 1. The summed E-state index contributed by atoms with van der Waals surface area (Å²) in [4.78, 5) is 8.28. The van der Waals surface area contributed by atoms with E-state index in [0.29, 0.717) is 22.4 Å². The molecule has 0 aliphatic heterocycles. The average molecular weight is 279 g/mol. The molecule has 2 aromatic rings. The van der Waals surface area contributed by atoms with Crippen molar-refractivity contribution in [3.05, 3.63) is 35.1 Å². The molecule has 1 aromatic heterocycles. The van der Waals surface area contributed by atoms with Crippen LogP contribution in [-0.2, 0) is 0 Å². The number of methoxy groups -OCH3 is 1. The van der Waals surface area contributed by atoms with Crippen molar-refractivity contribution in [1.29, 1.82) is 0 Å². The van der Waals surface area contributed by atoms with E-state index in [0.717, 1.165) is 11.3 Å². The lowest BCUT2D eigenvalue weighted by molar-refractivity contribution is 0.415. The van der Waals surface area contributed by atoms with Crippen LogP contribution in [0.2, 0.25) is 5.02 Å². The average Bonchev–Trinajstić information content (AvgIpc) is 2.42. The smallest absolute Gasteiger partial charge is 0.204 e. The van der Waals surface area contributed by atoms with Gasteiger partial charge in [-0.3, -0.25) is 0 Å². The summed E-state index contributed by atoms with van der Waals surface area (Å²) in [6.07, 6.45) is 1.46. The normalized spacial score (nSPS) is 10.1. The van der Waals surface area contributed by atoms with Crippen molar-refractivity contribution >= 4 is 28.9 Å². The van der Waals surface area contributed by atoms with Gasteiger partial charge in [-0.25, -0.2) is 9.97 Å². The minimum atomic E-state index is 0.546. The quantitative estimate of drug-likeness (QED) is 0.899. The molecule has 2 rings (SSSR count). The molecule has 19 heavy (non-hydrogen) atoms. The topological polar surface area (TPSA) is 59.1 Å². The van der Waals surface area contributed by atoms with Gasteiger partial charge in [-0.1, -0.05) is 23.7 Å². The van der Waals surface area contributed by atoms with Crippen LogP contribution < -0.4 is 15.4 Å². The molecule has 100 valence electrons. The highest BCUT2D eigenvalue weighted by Gasteiger charge is 2.13. The monoisotopic (exact) mass is 278 g/mol. The Labute approximate surface area is 117 Å². The second kappa shape index (κ2) is 5.75. The molecule has 6 heteroatoms. The van der Waals surface area contributed by atoms with Crippen LogP contribution >= 0.6 is 11.6 Å². The molecule has 0 saturated heterocycles. The van der Waals surface area contributed by atoms with E-state index in [1.807, 2.05) is 25.1 Å². The minimum absolute atomic E-state index is 0.546. The number of anilines is 3. The van der Waals surface area contributed by atoms with Crippen LogP contribution in [0.5, 0.6) is 5.75 Å². The molecule has 0 bridgehead atoms. The van der Waals surface area contributed by atoms with E-state index in [1.54, 1.807) is 14.2 Å². The Kier molecular flexibility index (Phi) is 4.06. The van der Waals surface area contributed by atoms with Gasteiger partial charge in [0.2, 0.25) is 5.75 Å². The Morgan fingerprint density at radius 3 is 2.58 bits per heavy atom. The van der Waals surface area contributed by atoms with Gasteiger partial charge in [0, 0.05) is 7.05 Å². The first-order valence-electron chi connectivity index (χ1n) is 5.76. The fraction of sp³-hybridized carbons (Fsp3) is 0.231. The number of benzene rings is 1. The molecule has 0 aliphatic rings. The number of hydrogen-bond donors (Lipinski definition) is 2. The minimum Gasteiger partial charge on any atom is -0.490 e. The maximum Gasteiger partial charge on any atom is 0.204 e. The first-order chi connectivity index (χ1) is 9.17. The third-order valence-electron chi connectivity index (χ3n) is 2.71. The molecular weight excluding hydrogens is 264 g/mol. The molecule has 0 saturated carbocycles. The zero-order valence-electron chi connectivity index (χ0n) is 11.0. The van der Waals surface area contributed by atoms with Crippen molar-refractivity contribution in [2.24, 2.45) is 0 Å². The zero-order chi connectivity index (χ0) is 13.8. The first-order valence-corrected chi connectivity index (χ1v) is 6.14. The predicted molar refractivity (Wildman–Crippen MR) is 77.6 cm³/mol. The number of para-hydroxylation sites is 1. The van der Waals surface area contributed by atoms with E-state index in [2.05, 4.69) is 20.6 Å². The third-order valence-corrected chi connectivity index (χ3v) is 3.03. The number of nitrogens with one attached hydrogen (secondary N) is 2. The Hall–Kier alpha value is -2.01. The fourth-order valence-electron chi connectivity index (χ4n) is 1.74. The van der Waals surface area contributed by atoms with Gasteiger partial charge in [-0.05, 0) is 18.6 Å². The van der Waals surface area contributed by atoms with Crippen molar-refractivity contribution in [3.8, 4) is 5.75 Å². The van der Waals surface area contributed by atoms with Gasteiger partial charge in [-0.2, -0.15) is 0 Å². The van der Waals surface area contributed by atoms with Gasteiger partial charge < -0.3 is 15.4 Å². The highest BCUT2D eigenvalue weighted by molar-refractivity contribution is 6.33. The van der Waals surface area contributed by atoms with Crippen LogP contribution in [0.1, 0.15) is 5.56 Å². The lowest BCUT2D eigenvalue weighted by Gasteiger charge is -2.14. The van der Waals surface area contributed by atoms with Crippen LogP contribution in [0.25, 0.3) is 0 Å². The zero-order valence-corrected chi connectivity index (χ0v) is 11.7. The SMILES string of the molecule is CNc1ncnc(Nc2c(C)cccc2Cl)c1OC. The van der Waals surface area contributed by atoms with Gasteiger partial charge in [-0.15, -0.1) is 0 Å². The van der Waals surface area contributed by atoms with E-state index in [1.165, 1.54) is 6.33 Å². The number of aromatic nitrogens is 2. The second-order valence-electron chi connectivity index (χ2n) is 3.91. The van der Waals surface area contributed by atoms with Crippen LogP contribution in [0.3, 0.4) is 0 Å². The van der Waals surface area contributed by atoms with Crippen molar-refractivity contribution in [2.45, 2.75) is 6.92 Å². The molecule has 0 atom stereocenters. The van der Waals surface area contributed by atoms with E-state index in [4.69, 9.17) is 16.3 Å². The van der Waals surface area contributed by atoms with Crippen molar-refractivity contribution in [3.63, 3.8) is 0 Å². The van der Waals surface area contributed by atoms with E-state index < -0.39 is 0 Å². The lowest BCUT2D eigenvalue weighted by Crippen LogP contribution is -2.04. The highest BCUT2D eigenvalue weighted by Crippen LogP contribution is 2.34. The van der Waals surface area contributed by atoms with E-state index in [-0.39, 0.29) is 0 Å². The number of aryl methyl sites for hydroxylation is 1. The fourth-order valence-corrected chi connectivity index (χ4v) is 2.01. The van der Waals surface area contributed by atoms with Crippen molar-refractivity contribution < 1.29 is 4.74 Å². The molecule has 0 spiro atoms. The summed E-state index contributed by atoms with van der Waals surface area (Å²) < 4.78 is 5.33. The molecule has 0 fully saturated rings. The Morgan fingerprint density at radius 2 is 1.95 bits per heavy atom. The van der Waals surface area contributed by atoms with Crippen LogP contribution in [0, 0.1) is 6.92 Å². The van der Waals surface area contributed by atoms with E-state index >= 15 is 0 Å². The largest absolute Gasteiger partial charge is 0.490 e. The van der Waals surface area contributed by atoms with E-state index in [9.17, 15) is 0 Å². The predicted octanol–water partition coefficient (Wildman–Crippen LogP) is 3.23. The summed E-state index contributed by atoms with van der Waals surface area (Å²) in [5.74, 6) is 1.73. The molecule has 0 unspecified atom stereocenters. The summed E-state index contributed by atoms with van der Waals surface area (Å²) in [6, 6.07) is 5.70. The molecule has 5 nitrogen and oxygen atoms in total. The highest BCUT2D eigenvalue weighted by atomic mass is 35.5. The van der Waals surface area contributed by atoms with Crippen molar-refractivity contribution in [1.82, 2.24) is 9.97 Å². The molecule has 0 radical (unpaired) electrons. The summed E-state index contributed by atoms with van der Waals surface area (Å²) in [6.45, 7) is 1.97. The first kappa shape index (κ1) is 13.4. The van der Waals surface area contributed by atoms with Crippen molar-refractivity contribution in [2.75, 3.05) is 24.8 Å². The van der Waals surface area contributed by atoms with Crippen LogP contribution in [0.4, 0.5) is 17.3 Å². The maximum absolute atomic E-state index is 6.19. The molecule has 0 amide bonds. The lowest BCUT2D eigenvalue weighted by atomic mass is 10.2. The molecule has 1 aromatic carbocycles. The van der Waals surface area contributed by atoms with Crippen LogP contribution in [0.15, 0.2) is 24.5 Å². The Bertz CT molecular complexity index is 569. The summed E-state index contributed by atoms with van der Waals surface area (Å²) in [5, 5.41) is 6.77. The Morgan fingerprint density at radius 1 is 1.21 bits per heavy atom. The number of hydrogen-bond acceptors (Lipinski definition) is 5. The van der Waals surface area contributed by atoms with Gasteiger partial charge in [0.1, 0.15) is 6.33 Å². The summed E-state index contributed by atoms with van der Waals surface area (Å²) in [7, 11) is 3.35. The van der Waals surface area contributed by atoms with Crippen LogP contribution in [-0.4, -0.2) is 24.1 Å². The second-order valence-corrected chi connectivity index (χ2v) is 4.32. The molecule has 1 heterocycles. The maximum atomic E-state index is 6.19. The standard InChI is InChI=1S/C13H15ClN4O/c1-8-5-4-6-9(14)10(8)18-13-11(19-3)12(15-2)16-7-17-13/h4-7H,1-3H3,(H2,15,16,17,18). The number of nitrogens with zero attached hydrogens (tertiary/aromatic N) is 2. The summed E-state index contributed by atoms with van der Waals surface area (Å²) >= 11 is 6.19. The Balaban J connectivity index is 2.44. The third kappa shape index (κ3) is 2.71. The van der Waals surface area contributed by atoms with Gasteiger partial charge >= 0.3 is 0 Å². The summed E-state index contributed by atoms with van der Waals surface area (Å²) in [5.41, 5.74) is 1.84. The number of rotatable bonds is 4.